The van der Waals surface area contributed by atoms with Crippen molar-refractivity contribution in [2.45, 2.75) is 6.61 Å². The van der Waals surface area contributed by atoms with E-state index in [1.54, 1.807) is 20.5 Å². The van der Waals surface area contributed by atoms with Crippen LogP contribution in [0.2, 0.25) is 0 Å². The molecule has 0 unspecified atom stereocenters. The number of ether oxygens (including phenoxy) is 3. The third-order valence-electron chi connectivity index (χ3n) is 3.29. The normalized spacial score (nSPS) is 10.6. The van der Waals surface area contributed by atoms with Crippen molar-refractivity contribution in [3.05, 3.63) is 54.6 Å². The minimum atomic E-state index is 0.430. The molecular formula is C16H16N2O3. The monoisotopic (exact) mass is 284 g/mol. The second kappa shape index (κ2) is 5.75. The molecule has 1 aromatic carbocycles. The molecule has 5 heteroatoms. The molecule has 3 aromatic rings. The molecule has 21 heavy (non-hydrogen) atoms. The van der Waals surface area contributed by atoms with Crippen LogP contribution in [0.1, 0.15) is 5.56 Å². The second-order valence-corrected chi connectivity index (χ2v) is 4.53. The first kappa shape index (κ1) is 13.3. The van der Waals surface area contributed by atoms with E-state index in [1.807, 2.05) is 47.1 Å². The van der Waals surface area contributed by atoms with Gasteiger partial charge in [-0.2, -0.15) is 0 Å². The minimum absolute atomic E-state index is 0.430. The third-order valence-corrected chi connectivity index (χ3v) is 3.29. The molecule has 0 atom stereocenters. The summed E-state index contributed by atoms with van der Waals surface area (Å²) < 4.78 is 18.4. The Kier molecular flexibility index (Phi) is 3.64. The van der Waals surface area contributed by atoms with E-state index in [9.17, 15) is 0 Å². The van der Waals surface area contributed by atoms with Crippen molar-refractivity contribution in [3.8, 4) is 17.2 Å². The van der Waals surface area contributed by atoms with Gasteiger partial charge < -0.3 is 18.6 Å². The fourth-order valence-corrected chi connectivity index (χ4v) is 2.18. The fraction of sp³-hybridized carbons (Fsp3) is 0.188. The Balaban J connectivity index is 1.86. The van der Waals surface area contributed by atoms with E-state index in [0.717, 1.165) is 16.8 Å². The van der Waals surface area contributed by atoms with Gasteiger partial charge in [0.15, 0.2) is 11.5 Å². The van der Waals surface area contributed by atoms with Crippen molar-refractivity contribution < 1.29 is 14.2 Å². The highest BCUT2D eigenvalue weighted by Crippen LogP contribution is 2.32. The highest BCUT2D eigenvalue weighted by molar-refractivity contribution is 5.53. The van der Waals surface area contributed by atoms with Crippen LogP contribution in [-0.2, 0) is 6.61 Å². The lowest BCUT2D eigenvalue weighted by molar-refractivity contribution is 0.283. The molecule has 0 spiro atoms. The molecule has 0 aliphatic carbocycles. The van der Waals surface area contributed by atoms with Gasteiger partial charge in [-0.25, -0.2) is 4.98 Å². The largest absolute Gasteiger partial charge is 0.497 e. The number of benzene rings is 1. The third kappa shape index (κ3) is 2.63. The number of methoxy groups -OCH3 is 2. The van der Waals surface area contributed by atoms with Crippen LogP contribution in [0.5, 0.6) is 17.2 Å². The van der Waals surface area contributed by atoms with Gasteiger partial charge in [0.2, 0.25) is 0 Å². The van der Waals surface area contributed by atoms with Crippen LogP contribution in [0.25, 0.3) is 5.52 Å². The fourth-order valence-electron chi connectivity index (χ4n) is 2.18. The Bertz CT molecular complexity index is 752. The predicted molar refractivity (Wildman–Crippen MR) is 79.1 cm³/mol. The van der Waals surface area contributed by atoms with Gasteiger partial charge in [-0.05, 0) is 18.2 Å². The second-order valence-electron chi connectivity index (χ2n) is 4.53. The molecular weight excluding hydrogens is 268 g/mol. The maximum absolute atomic E-state index is 5.89. The molecule has 0 saturated heterocycles. The number of pyridine rings is 1. The van der Waals surface area contributed by atoms with Gasteiger partial charge >= 0.3 is 0 Å². The predicted octanol–water partition coefficient (Wildman–Crippen LogP) is 2.93. The number of nitrogens with zero attached hydrogens (tertiary/aromatic N) is 2. The van der Waals surface area contributed by atoms with E-state index in [2.05, 4.69) is 4.98 Å². The zero-order chi connectivity index (χ0) is 14.7. The average Bonchev–Trinajstić information content (AvgIpc) is 3.01. The Morgan fingerprint density at radius 2 is 2.00 bits per heavy atom. The number of hydrogen-bond donors (Lipinski definition) is 0. The van der Waals surface area contributed by atoms with Crippen LogP contribution in [0.3, 0.4) is 0 Å². The maximum atomic E-state index is 5.89. The summed E-state index contributed by atoms with van der Waals surface area (Å²) in [5, 5.41) is 0. The molecule has 2 heterocycles. The Morgan fingerprint density at radius 3 is 2.81 bits per heavy atom. The molecule has 0 aliphatic rings. The highest BCUT2D eigenvalue weighted by atomic mass is 16.5. The number of hydrogen-bond acceptors (Lipinski definition) is 4. The quantitative estimate of drug-likeness (QED) is 0.722. The van der Waals surface area contributed by atoms with Crippen LogP contribution < -0.4 is 14.2 Å². The van der Waals surface area contributed by atoms with Crippen LogP contribution in [-0.4, -0.2) is 23.6 Å². The number of imidazole rings is 1. The smallest absolute Gasteiger partial charge is 0.165 e. The first-order valence-corrected chi connectivity index (χ1v) is 6.56. The van der Waals surface area contributed by atoms with Gasteiger partial charge in [-0.1, -0.05) is 6.07 Å². The molecule has 0 radical (unpaired) electrons. The maximum Gasteiger partial charge on any atom is 0.165 e. The molecule has 3 rings (SSSR count). The van der Waals surface area contributed by atoms with Crippen LogP contribution in [0, 0.1) is 0 Å². The van der Waals surface area contributed by atoms with Crippen molar-refractivity contribution in [3.63, 3.8) is 0 Å². The average molecular weight is 284 g/mol. The highest BCUT2D eigenvalue weighted by Gasteiger charge is 2.08. The van der Waals surface area contributed by atoms with E-state index < -0.39 is 0 Å². The molecule has 0 bridgehead atoms. The molecule has 108 valence electrons. The minimum Gasteiger partial charge on any atom is -0.497 e. The number of fused-ring (bicyclic) bond motifs is 1. The summed E-state index contributed by atoms with van der Waals surface area (Å²) in [4.78, 5) is 4.14. The molecule has 5 nitrogen and oxygen atoms in total. The van der Waals surface area contributed by atoms with Crippen molar-refractivity contribution in [1.82, 2.24) is 9.38 Å². The summed E-state index contributed by atoms with van der Waals surface area (Å²) in [6.07, 6.45) is 5.55. The summed E-state index contributed by atoms with van der Waals surface area (Å²) >= 11 is 0. The first-order valence-electron chi connectivity index (χ1n) is 6.56. The van der Waals surface area contributed by atoms with Gasteiger partial charge in [0.1, 0.15) is 12.4 Å². The summed E-state index contributed by atoms with van der Waals surface area (Å²) in [5.74, 6) is 2.06. The lowest BCUT2D eigenvalue weighted by Crippen LogP contribution is -2.00. The molecule has 0 aliphatic heterocycles. The molecule has 0 amide bonds. The number of aromatic nitrogens is 2. The van der Waals surface area contributed by atoms with Gasteiger partial charge in [0.25, 0.3) is 0 Å². The van der Waals surface area contributed by atoms with Crippen molar-refractivity contribution in [2.75, 3.05) is 14.2 Å². The zero-order valence-electron chi connectivity index (χ0n) is 11.9. The van der Waals surface area contributed by atoms with Gasteiger partial charge in [0, 0.05) is 17.8 Å². The zero-order valence-corrected chi connectivity index (χ0v) is 11.9. The van der Waals surface area contributed by atoms with E-state index in [1.165, 1.54) is 0 Å². The van der Waals surface area contributed by atoms with Gasteiger partial charge in [-0.15, -0.1) is 0 Å². The van der Waals surface area contributed by atoms with E-state index >= 15 is 0 Å². The van der Waals surface area contributed by atoms with Gasteiger partial charge in [0.05, 0.1) is 32.3 Å². The summed E-state index contributed by atoms with van der Waals surface area (Å²) in [5.41, 5.74) is 2.08. The van der Waals surface area contributed by atoms with Crippen LogP contribution in [0.4, 0.5) is 0 Å². The van der Waals surface area contributed by atoms with Crippen molar-refractivity contribution in [1.29, 1.82) is 0 Å². The first-order chi connectivity index (χ1) is 10.3. The SMILES string of the molecule is COc1ccc(OC)c(OCc2cccn3cncc23)c1. The lowest BCUT2D eigenvalue weighted by Gasteiger charge is -2.12. The molecule has 0 N–H and O–H groups in total. The Hall–Kier alpha value is -2.69. The van der Waals surface area contributed by atoms with E-state index in [0.29, 0.717) is 18.1 Å². The molecule has 0 saturated carbocycles. The van der Waals surface area contributed by atoms with Crippen molar-refractivity contribution >= 4 is 5.52 Å². The molecule has 2 aromatic heterocycles. The Morgan fingerprint density at radius 1 is 1.10 bits per heavy atom. The lowest BCUT2D eigenvalue weighted by atomic mass is 10.2. The van der Waals surface area contributed by atoms with Gasteiger partial charge in [-0.3, -0.25) is 0 Å². The Labute approximate surface area is 122 Å². The van der Waals surface area contributed by atoms with E-state index in [-0.39, 0.29) is 0 Å². The summed E-state index contributed by atoms with van der Waals surface area (Å²) in [7, 11) is 3.24. The van der Waals surface area contributed by atoms with Crippen LogP contribution >= 0.6 is 0 Å². The van der Waals surface area contributed by atoms with E-state index in [4.69, 9.17) is 14.2 Å². The van der Waals surface area contributed by atoms with Crippen LogP contribution in [0.15, 0.2) is 49.1 Å². The topological polar surface area (TPSA) is 45.0 Å². The number of rotatable bonds is 5. The summed E-state index contributed by atoms with van der Waals surface area (Å²) in [6, 6.07) is 9.46. The summed E-state index contributed by atoms with van der Waals surface area (Å²) in [6.45, 7) is 0.430. The standard InChI is InChI=1S/C16H16N2O3/c1-19-13-5-6-15(20-2)16(8-13)21-10-12-4-3-7-18-11-17-9-14(12)18/h3-9,11H,10H2,1-2H3. The van der Waals surface area contributed by atoms with Crippen molar-refractivity contribution in [2.24, 2.45) is 0 Å². The molecule has 0 fully saturated rings.